The Bertz CT molecular complexity index is 496. The van der Waals surface area contributed by atoms with Crippen molar-refractivity contribution in [2.24, 2.45) is 7.05 Å². The molecule has 0 saturated heterocycles. The molecule has 1 heterocycles. The van der Waals surface area contributed by atoms with Gasteiger partial charge in [0.25, 0.3) is 0 Å². The number of halogens is 2. The molecular weight excluding hydrogens is 289 g/mol. The lowest BCUT2D eigenvalue weighted by atomic mass is 10.1. The van der Waals surface area contributed by atoms with Crippen LogP contribution in [0.1, 0.15) is 17.2 Å². The van der Waals surface area contributed by atoms with E-state index in [2.05, 4.69) is 38.3 Å². The molecule has 0 spiro atoms. The van der Waals surface area contributed by atoms with Crippen LogP contribution >= 0.6 is 27.5 Å². The Hall–Kier alpha value is -0.870. The third-order valence-corrected chi connectivity index (χ3v) is 3.16. The van der Waals surface area contributed by atoms with Gasteiger partial charge in [-0.3, -0.25) is 0 Å². The van der Waals surface area contributed by atoms with Gasteiger partial charge in [0.1, 0.15) is 11.6 Å². The van der Waals surface area contributed by atoms with E-state index in [9.17, 15) is 0 Å². The van der Waals surface area contributed by atoms with Gasteiger partial charge in [-0.25, -0.2) is 0 Å². The van der Waals surface area contributed by atoms with Gasteiger partial charge >= 0.3 is 0 Å². The van der Waals surface area contributed by atoms with Gasteiger partial charge in [-0.05, 0) is 17.7 Å². The van der Waals surface area contributed by atoms with Gasteiger partial charge in [0.2, 0.25) is 0 Å². The van der Waals surface area contributed by atoms with E-state index in [1.807, 2.05) is 23.7 Å². The van der Waals surface area contributed by atoms with Crippen LogP contribution < -0.4 is 0 Å². The summed E-state index contributed by atoms with van der Waals surface area (Å²) in [6, 6.07) is 8.16. The molecule has 0 bridgehead atoms. The SMILES string of the molecule is Cn1c(CCl)nnc1Cc1cccc(Br)c1. The number of benzene rings is 1. The monoisotopic (exact) mass is 299 g/mol. The lowest BCUT2D eigenvalue weighted by Crippen LogP contribution is -2.01. The van der Waals surface area contributed by atoms with Crippen molar-refractivity contribution in [1.82, 2.24) is 14.8 Å². The van der Waals surface area contributed by atoms with Gasteiger partial charge in [0.05, 0.1) is 5.88 Å². The number of hydrogen-bond donors (Lipinski definition) is 0. The molecule has 0 atom stereocenters. The first-order valence-electron chi connectivity index (χ1n) is 4.88. The second kappa shape index (κ2) is 4.97. The molecule has 0 aliphatic rings. The third kappa shape index (κ3) is 2.44. The lowest BCUT2D eigenvalue weighted by molar-refractivity contribution is 0.790. The summed E-state index contributed by atoms with van der Waals surface area (Å²) in [5.41, 5.74) is 1.20. The van der Waals surface area contributed by atoms with Crippen molar-refractivity contribution in [1.29, 1.82) is 0 Å². The van der Waals surface area contributed by atoms with Crippen molar-refractivity contribution in [2.45, 2.75) is 12.3 Å². The summed E-state index contributed by atoms with van der Waals surface area (Å²) >= 11 is 9.19. The van der Waals surface area contributed by atoms with Crippen molar-refractivity contribution in [3.63, 3.8) is 0 Å². The van der Waals surface area contributed by atoms with Crippen molar-refractivity contribution < 1.29 is 0 Å². The van der Waals surface area contributed by atoms with Crippen LogP contribution in [0.15, 0.2) is 28.7 Å². The number of hydrogen-bond acceptors (Lipinski definition) is 2. The van der Waals surface area contributed by atoms with E-state index in [1.165, 1.54) is 5.56 Å². The van der Waals surface area contributed by atoms with E-state index in [4.69, 9.17) is 11.6 Å². The zero-order valence-electron chi connectivity index (χ0n) is 8.82. The Labute approximate surface area is 108 Å². The first kappa shape index (κ1) is 11.6. The van der Waals surface area contributed by atoms with E-state index >= 15 is 0 Å². The Morgan fingerprint density at radius 2 is 2.06 bits per heavy atom. The van der Waals surface area contributed by atoms with Gasteiger partial charge < -0.3 is 4.57 Å². The Morgan fingerprint density at radius 1 is 1.31 bits per heavy atom. The summed E-state index contributed by atoms with van der Waals surface area (Å²) < 4.78 is 3.01. The average molecular weight is 301 g/mol. The van der Waals surface area contributed by atoms with E-state index < -0.39 is 0 Å². The van der Waals surface area contributed by atoms with Gasteiger partial charge in [0, 0.05) is 17.9 Å². The highest BCUT2D eigenvalue weighted by Gasteiger charge is 2.08. The van der Waals surface area contributed by atoms with Crippen molar-refractivity contribution in [2.75, 3.05) is 0 Å². The highest BCUT2D eigenvalue weighted by molar-refractivity contribution is 9.10. The van der Waals surface area contributed by atoms with E-state index in [0.717, 1.165) is 22.5 Å². The van der Waals surface area contributed by atoms with Crippen LogP contribution in [0.4, 0.5) is 0 Å². The zero-order chi connectivity index (χ0) is 11.5. The highest BCUT2D eigenvalue weighted by atomic mass is 79.9. The molecule has 84 valence electrons. The summed E-state index contributed by atoms with van der Waals surface area (Å²) in [5.74, 6) is 2.11. The normalized spacial score (nSPS) is 10.7. The van der Waals surface area contributed by atoms with Crippen LogP contribution in [0.3, 0.4) is 0 Å². The van der Waals surface area contributed by atoms with Crippen LogP contribution in [0.25, 0.3) is 0 Å². The summed E-state index contributed by atoms with van der Waals surface area (Å²) in [7, 11) is 1.94. The smallest absolute Gasteiger partial charge is 0.147 e. The molecule has 3 nitrogen and oxygen atoms in total. The summed E-state index contributed by atoms with van der Waals surface area (Å²) in [5, 5.41) is 8.15. The molecule has 2 aromatic rings. The molecule has 0 aliphatic carbocycles. The standard InChI is InChI=1S/C11H11BrClN3/c1-16-10(14-15-11(16)7-13)6-8-3-2-4-9(12)5-8/h2-5H,6-7H2,1H3. The molecule has 1 aromatic heterocycles. The number of alkyl halides is 1. The third-order valence-electron chi connectivity index (χ3n) is 2.43. The van der Waals surface area contributed by atoms with Crippen LogP contribution in [0.5, 0.6) is 0 Å². The fraction of sp³-hybridized carbons (Fsp3) is 0.273. The number of rotatable bonds is 3. The maximum absolute atomic E-state index is 5.74. The molecule has 0 N–H and O–H groups in total. The van der Waals surface area contributed by atoms with E-state index in [1.54, 1.807) is 0 Å². The van der Waals surface area contributed by atoms with Crippen LogP contribution in [0.2, 0.25) is 0 Å². The van der Waals surface area contributed by atoms with Gasteiger partial charge in [-0.2, -0.15) is 0 Å². The second-order valence-corrected chi connectivity index (χ2v) is 4.71. The molecule has 0 radical (unpaired) electrons. The minimum Gasteiger partial charge on any atom is -0.317 e. The molecule has 0 amide bonds. The van der Waals surface area contributed by atoms with Crippen molar-refractivity contribution >= 4 is 27.5 Å². The van der Waals surface area contributed by atoms with Crippen molar-refractivity contribution in [3.05, 3.63) is 46.0 Å². The predicted molar refractivity (Wildman–Crippen MR) is 67.5 cm³/mol. The molecule has 5 heteroatoms. The topological polar surface area (TPSA) is 30.7 Å². The zero-order valence-corrected chi connectivity index (χ0v) is 11.2. The van der Waals surface area contributed by atoms with Crippen molar-refractivity contribution in [3.8, 4) is 0 Å². The molecule has 2 rings (SSSR count). The largest absolute Gasteiger partial charge is 0.317 e. The van der Waals surface area contributed by atoms with Crippen LogP contribution in [-0.4, -0.2) is 14.8 Å². The predicted octanol–water partition coefficient (Wildman–Crippen LogP) is 2.91. The number of aromatic nitrogens is 3. The van der Waals surface area contributed by atoms with Gasteiger partial charge in [0.15, 0.2) is 0 Å². The molecule has 0 aliphatic heterocycles. The number of nitrogens with zero attached hydrogens (tertiary/aromatic N) is 3. The van der Waals surface area contributed by atoms with E-state index in [0.29, 0.717) is 5.88 Å². The minimum atomic E-state index is 0.391. The Morgan fingerprint density at radius 3 is 2.69 bits per heavy atom. The minimum absolute atomic E-state index is 0.391. The fourth-order valence-electron chi connectivity index (χ4n) is 1.50. The fourth-order valence-corrected chi connectivity index (χ4v) is 2.18. The second-order valence-electron chi connectivity index (χ2n) is 3.53. The highest BCUT2D eigenvalue weighted by Crippen LogP contribution is 2.14. The van der Waals surface area contributed by atoms with E-state index in [-0.39, 0.29) is 0 Å². The maximum atomic E-state index is 5.74. The maximum Gasteiger partial charge on any atom is 0.147 e. The van der Waals surface area contributed by atoms with Gasteiger partial charge in [-0.1, -0.05) is 28.1 Å². The molecule has 16 heavy (non-hydrogen) atoms. The molecule has 0 saturated carbocycles. The molecule has 0 fully saturated rings. The Kier molecular flexibility index (Phi) is 3.61. The van der Waals surface area contributed by atoms with Crippen LogP contribution in [-0.2, 0) is 19.3 Å². The summed E-state index contributed by atoms with van der Waals surface area (Å²) in [4.78, 5) is 0. The first-order chi connectivity index (χ1) is 7.70. The van der Waals surface area contributed by atoms with Crippen LogP contribution in [0, 0.1) is 0 Å². The average Bonchev–Trinajstić information content (AvgIpc) is 2.60. The summed E-state index contributed by atoms with van der Waals surface area (Å²) in [6.07, 6.45) is 0.764. The molecule has 0 unspecified atom stereocenters. The Balaban J connectivity index is 2.24. The quantitative estimate of drug-likeness (QED) is 0.816. The van der Waals surface area contributed by atoms with Gasteiger partial charge in [-0.15, -0.1) is 21.8 Å². The molecular formula is C11H11BrClN3. The first-order valence-corrected chi connectivity index (χ1v) is 6.21. The lowest BCUT2D eigenvalue weighted by Gasteiger charge is -2.02. The summed E-state index contributed by atoms with van der Waals surface area (Å²) in [6.45, 7) is 0. The molecule has 1 aromatic carbocycles.